The molecule has 1 aliphatic carbocycles. The van der Waals surface area contributed by atoms with Gasteiger partial charge in [0, 0.05) is 22.0 Å². The van der Waals surface area contributed by atoms with Crippen LogP contribution in [0.15, 0.2) is 36.4 Å². The molecule has 31 heavy (non-hydrogen) atoms. The lowest BCUT2D eigenvalue weighted by Crippen LogP contribution is -2.44. The number of rotatable bonds is 6. The van der Waals surface area contributed by atoms with Crippen molar-refractivity contribution in [2.75, 3.05) is 0 Å². The number of Topliss-reactive ketones (excluding diaryl/α,β-unsaturated/α-hetero) is 1. The molecule has 0 spiro atoms. The van der Waals surface area contributed by atoms with Gasteiger partial charge in [-0.25, -0.2) is 0 Å². The third-order valence-corrected chi connectivity index (χ3v) is 5.86. The predicted molar refractivity (Wildman–Crippen MR) is 111 cm³/mol. The number of amides is 1. The first-order valence-corrected chi connectivity index (χ1v) is 10.4. The first-order valence-electron chi connectivity index (χ1n) is 9.65. The zero-order valence-electron chi connectivity index (χ0n) is 16.5. The smallest absolute Gasteiger partial charge is 0.376 e. The third kappa shape index (κ3) is 4.89. The molecule has 3 rings (SSSR count). The third-order valence-electron chi connectivity index (χ3n) is 5.42. The summed E-state index contributed by atoms with van der Waals surface area (Å²) in [4.78, 5) is 24.4. The van der Waals surface area contributed by atoms with Crippen molar-refractivity contribution < 1.29 is 27.9 Å². The summed E-state index contributed by atoms with van der Waals surface area (Å²) in [5, 5.41) is 13.3. The van der Waals surface area contributed by atoms with Crippen LogP contribution in [0.5, 0.6) is 0 Å². The van der Waals surface area contributed by atoms with Crippen molar-refractivity contribution in [3.63, 3.8) is 0 Å². The largest absolute Gasteiger partial charge is 0.421 e. The van der Waals surface area contributed by atoms with Gasteiger partial charge in [-0.2, -0.15) is 13.2 Å². The van der Waals surface area contributed by atoms with Gasteiger partial charge in [-0.3, -0.25) is 9.59 Å². The van der Waals surface area contributed by atoms with Gasteiger partial charge < -0.3 is 10.4 Å². The molecule has 2 aromatic carbocycles. The lowest BCUT2D eigenvalue weighted by atomic mass is 9.86. The highest BCUT2D eigenvalue weighted by molar-refractivity contribution is 6.34. The molecule has 0 aliphatic heterocycles. The van der Waals surface area contributed by atoms with Crippen LogP contribution in [-0.4, -0.2) is 23.0 Å². The number of fused-ring (bicyclic) bond motifs is 1. The van der Waals surface area contributed by atoms with Crippen LogP contribution in [0.3, 0.4) is 0 Å². The fourth-order valence-electron chi connectivity index (χ4n) is 3.73. The molecule has 2 atom stereocenters. The van der Waals surface area contributed by atoms with Crippen molar-refractivity contribution in [1.29, 1.82) is 0 Å². The van der Waals surface area contributed by atoms with Crippen LogP contribution in [0, 0.1) is 0 Å². The van der Waals surface area contributed by atoms with Crippen LogP contribution < -0.4 is 5.32 Å². The zero-order chi connectivity index (χ0) is 23.0. The maximum atomic E-state index is 13.8. The molecule has 0 bridgehead atoms. The summed E-state index contributed by atoms with van der Waals surface area (Å²) in [6.45, 7) is 1.74. The van der Waals surface area contributed by atoms with Gasteiger partial charge in [-0.15, -0.1) is 0 Å². The van der Waals surface area contributed by atoms with Gasteiger partial charge in [0.1, 0.15) is 0 Å². The van der Waals surface area contributed by atoms with Crippen molar-refractivity contribution >= 4 is 34.9 Å². The van der Waals surface area contributed by atoms with Gasteiger partial charge in [0.15, 0.2) is 11.4 Å². The highest BCUT2D eigenvalue weighted by atomic mass is 35.5. The molecule has 0 aromatic heterocycles. The Hall–Kier alpha value is -2.09. The molecule has 0 radical (unpaired) electrons. The number of alkyl halides is 3. The van der Waals surface area contributed by atoms with E-state index in [2.05, 4.69) is 5.32 Å². The maximum absolute atomic E-state index is 13.8. The van der Waals surface area contributed by atoms with E-state index in [-0.39, 0.29) is 27.6 Å². The van der Waals surface area contributed by atoms with E-state index < -0.39 is 29.5 Å². The fraction of sp³-hybridized carbons (Fsp3) is 0.364. The fourth-order valence-corrected chi connectivity index (χ4v) is 4.26. The molecule has 9 heteroatoms. The minimum atomic E-state index is -5.14. The number of aryl methyl sites for hydroxylation is 1. The molecule has 2 N–H and O–H groups in total. The Kier molecular flexibility index (Phi) is 6.69. The minimum absolute atomic E-state index is 0.0528. The van der Waals surface area contributed by atoms with Gasteiger partial charge >= 0.3 is 6.18 Å². The normalized spacial score (nSPS) is 17.7. The van der Waals surface area contributed by atoms with Gasteiger partial charge in [0.25, 0.3) is 0 Å². The number of carbonyl (C=O) groups excluding carboxylic acids is 2. The molecule has 4 nitrogen and oxygen atoms in total. The Morgan fingerprint density at radius 1 is 1.13 bits per heavy atom. The monoisotopic (exact) mass is 473 g/mol. The Labute approximate surface area is 187 Å². The van der Waals surface area contributed by atoms with Crippen LogP contribution in [0.2, 0.25) is 10.0 Å². The number of carbonyl (C=O) groups is 2. The molecular weight excluding hydrogens is 454 g/mol. The summed E-state index contributed by atoms with van der Waals surface area (Å²) in [6.07, 6.45) is -4.79. The van der Waals surface area contributed by atoms with E-state index >= 15 is 0 Å². The summed E-state index contributed by atoms with van der Waals surface area (Å²) in [7, 11) is 0. The van der Waals surface area contributed by atoms with Crippen molar-refractivity contribution in [2.24, 2.45) is 0 Å². The number of ketones is 1. The summed E-state index contributed by atoms with van der Waals surface area (Å²) >= 11 is 11.6. The summed E-state index contributed by atoms with van der Waals surface area (Å²) in [6, 6.07) is 7.51. The first-order chi connectivity index (χ1) is 14.4. The number of aliphatic hydroxyl groups is 1. The van der Waals surface area contributed by atoms with Gasteiger partial charge in [-0.1, -0.05) is 42.3 Å². The second kappa shape index (κ2) is 8.81. The number of nitrogens with one attached hydrogen (secondary N) is 1. The van der Waals surface area contributed by atoms with Crippen molar-refractivity contribution in [3.05, 3.63) is 68.7 Å². The molecule has 2 aromatic rings. The number of hydrogen-bond donors (Lipinski definition) is 2. The number of benzene rings is 2. The Morgan fingerprint density at radius 2 is 1.77 bits per heavy atom. The molecule has 0 saturated carbocycles. The van der Waals surface area contributed by atoms with E-state index in [1.54, 1.807) is 13.0 Å². The number of hydrogen-bond acceptors (Lipinski definition) is 3. The Morgan fingerprint density at radius 3 is 2.35 bits per heavy atom. The van der Waals surface area contributed by atoms with E-state index in [9.17, 15) is 27.9 Å². The lowest BCUT2D eigenvalue weighted by Gasteiger charge is -2.30. The zero-order valence-corrected chi connectivity index (χ0v) is 18.0. The number of halogens is 5. The molecule has 2 unspecified atom stereocenters. The average Bonchev–Trinajstić information content (AvgIpc) is 3.08. The topological polar surface area (TPSA) is 66.4 Å². The van der Waals surface area contributed by atoms with Gasteiger partial charge in [-0.05, 0) is 53.8 Å². The van der Waals surface area contributed by atoms with Crippen molar-refractivity contribution in [3.8, 4) is 0 Å². The van der Waals surface area contributed by atoms with E-state index in [4.69, 9.17) is 23.2 Å². The highest BCUT2D eigenvalue weighted by Gasteiger charge is 2.56. The molecule has 1 aliphatic rings. The van der Waals surface area contributed by atoms with Gasteiger partial charge in [0.2, 0.25) is 5.91 Å². The second-order valence-electron chi connectivity index (χ2n) is 7.54. The van der Waals surface area contributed by atoms with E-state index in [1.165, 1.54) is 18.2 Å². The van der Waals surface area contributed by atoms with Crippen molar-refractivity contribution in [1.82, 2.24) is 5.32 Å². The standard InChI is InChI=1S/C22H20Cl2F3NO3/c1-2-20(30)28-18-6-4-12-7-13(3-5-17(12)18)19(29)11-21(31,22(25,26)27)14-8-15(23)10-16(24)9-14/h3,5,7-10,18,31H,2,4,6,11H2,1H3,(H,28,30). The summed E-state index contributed by atoms with van der Waals surface area (Å²) in [5.74, 6) is -0.979. The summed E-state index contributed by atoms with van der Waals surface area (Å²) in [5.41, 5.74) is -2.37. The Balaban J connectivity index is 1.89. The Bertz CT molecular complexity index is 1010. The molecule has 0 fully saturated rings. The minimum Gasteiger partial charge on any atom is -0.376 e. The maximum Gasteiger partial charge on any atom is 0.421 e. The van der Waals surface area contributed by atoms with E-state index in [1.807, 2.05) is 0 Å². The quantitative estimate of drug-likeness (QED) is 0.542. The predicted octanol–water partition coefficient (Wildman–Crippen LogP) is 5.53. The average molecular weight is 474 g/mol. The molecule has 1 amide bonds. The van der Waals surface area contributed by atoms with E-state index in [0.717, 1.165) is 23.3 Å². The van der Waals surface area contributed by atoms with Crippen LogP contribution in [-0.2, 0) is 16.8 Å². The SMILES string of the molecule is CCC(=O)NC1CCc2cc(C(=O)CC(O)(c3cc(Cl)cc(Cl)c3)C(F)(F)F)ccc21. The summed E-state index contributed by atoms with van der Waals surface area (Å²) < 4.78 is 41.5. The highest BCUT2D eigenvalue weighted by Crippen LogP contribution is 2.44. The van der Waals surface area contributed by atoms with Crippen LogP contribution in [0.1, 0.15) is 59.3 Å². The molecular formula is C22H20Cl2F3NO3. The van der Waals surface area contributed by atoms with Crippen LogP contribution in [0.25, 0.3) is 0 Å². The van der Waals surface area contributed by atoms with Crippen molar-refractivity contribution in [2.45, 2.75) is 50.4 Å². The van der Waals surface area contributed by atoms with E-state index in [0.29, 0.717) is 19.3 Å². The second-order valence-corrected chi connectivity index (χ2v) is 8.41. The van der Waals surface area contributed by atoms with Crippen LogP contribution >= 0.6 is 23.2 Å². The molecule has 166 valence electrons. The van der Waals surface area contributed by atoms with Crippen LogP contribution in [0.4, 0.5) is 13.2 Å². The molecule has 0 saturated heterocycles. The molecule has 0 heterocycles. The van der Waals surface area contributed by atoms with Gasteiger partial charge in [0.05, 0.1) is 12.5 Å². The first kappa shape index (κ1) is 23.6. The lowest BCUT2D eigenvalue weighted by molar-refractivity contribution is -0.264.